The third kappa shape index (κ3) is 3.70. The van der Waals surface area contributed by atoms with E-state index in [2.05, 4.69) is 33.9 Å². The van der Waals surface area contributed by atoms with Gasteiger partial charge in [-0.25, -0.2) is 4.79 Å². The largest absolute Gasteiger partial charge is 0.324 e. The first kappa shape index (κ1) is 18.0. The monoisotopic (exact) mass is 367 g/mol. The number of fused-ring (bicyclic) bond motifs is 1. The molecule has 1 N–H and O–H groups in total. The van der Waals surface area contributed by atoms with Gasteiger partial charge in [-0.15, -0.1) is 10.2 Å². The van der Waals surface area contributed by atoms with E-state index in [9.17, 15) is 4.79 Å². The van der Waals surface area contributed by atoms with Crippen molar-refractivity contribution >= 4 is 11.7 Å². The van der Waals surface area contributed by atoms with Crippen LogP contribution >= 0.6 is 0 Å². The second kappa shape index (κ2) is 7.33. The smallest absolute Gasteiger partial charge is 0.321 e. The summed E-state index contributed by atoms with van der Waals surface area (Å²) in [7, 11) is 0. The molecule has 0 spiro atoms. The van der Waals surface area contributed by atoms with Crippen molar-refractivity contribution in [2.24, 2.45) is 5.41 Å². The number of amides is 2. The molecule has 0 bridgehead atoms. The van der Waals surface area contributed by atoms with Crippen LogP contribution in [0.2, 0.25) is 0 Å². The predicted molar refractivity (Wildman–Crippen MR) is 107 cm³/mol. The van der Waals surface area contributed by atoms with Crippen molar-refractivity contribution in [3.63, 3.8) is 0 Å². The van der Waals surface area contributed by atoms with E-state index in [4.69, 9.17) is 0 Å². The van der Waals surface area contributed by atoms with Crippen LogP contribution < -0.4 is 5.32 Å². The minimum absolute atomic E-state index is 0.000602. The number of rotatable bonds is 4. The molecule has 1 aromatic heterocycles. The minimum atomic E-state index is 0.000602. The van der Waals surface area contributed by atoms with Gasteiger partial charge in [0.2, 0.25) is 0 Å². The highest BCUT2D eigenvalue weighted by molar-refractivity contribution is 5.90. The molecule has 0 radical (unpaired) electrons. The van der Waals surface area contributed by atoms with E-state index in [1.165, 1.54) is 12.8 Å². The second-order valence-corrected chi connectivity index (χ2v) is 8.29. The maximum atomic E-state index is 12.8. The van der Waals surface area contributed by atoms with E-state index in [0.717, 1.165) is 68.2 Å². The summed E-state index contributed by atoms with van der Waals surface area (Å²) in [4.78, 5) is 14.8. The van der Waals surface area contributed by atoms with E-state index in [-0.39, 0.29) is 11.4 Å². The van der Waals surface area contributed by atoms with E-state index < -0.39 is 0 Å². The molecule has 1 atom stereocenters. The molecule has 3 heterocycles. The molecule has 2 amide bonds. The first-order valence-corrected chi connectivity index (χ1v) is 10.2. The number of urea groups is 1. The van der Waals surface area contributed by atoms with Gasteiger partial charge < -0.3 is 14.8 Å². The van der Waals surface area contributed by atoms with E-state index in [1.54, 1.807) is 0 Å². The van der Waals surface area contributed by atoms with Gasteiger partial charge in [-0.3, -0.25) is 0 Å². The number of piperidine rings is 1. The van der Waals surface area contributed by atoms with Crippen molar-refractivity contribution in [3.05, 3.63) is 30.1 Å². The van der Waals surface area contributed by atoms with E-state index >= 15 is 0 Å². The van der Waals surface area contributed by atoms with Crippen LogP contribution in [-0.2, 0) is 13.0 Å². The average molecular weight is 367 g/mol. The lowest BCUT2D eigenvalue weighted by atomic mass is 9.78. The maximum absolute atomic E-state index is 12.8. The van der Waals surface area contributed by atoms with Crippen molar-refractivity contribution in [3.8, 4) is 11.4 Å². The zero-order valence-corrected chi connectivity index (χ0v) is 16.4. The molecule has 1 aromatic carbocycles. The van der Waals surface area contributed by atoms with Crippen LogP contribution in [0.15, 0.2) is 24.3 Å². The topological polar surface area (TPSA) is 63.1 Å². The van der Waals surface area contributed by atoms with Crippen molar-refractivity contribution in [2.45, 2.75) is 58.9 Å². The number of carbonyl (C=O) groups excluding carboxylic acids is 1. The average Bonchev–Trinajstić information content (AvgIpc) is 3.25. The molecule has 2 aliphatic heterocycles. The highest BCUT2D eigenvalue weighted by atomic mass is 16.2. The number of hydrogen-bond donors (Lipinski definition) is 1. The molecule has 2 aliphatic rings. The summed E-state index contributed by atoms with van der Waals surface area (Å²) in [5.41, 5.74) is 2.06. The van der Waals surface area contributed by atoms with Crippen LogP contribution in [0.5, 0.6) is 0 Å². The van der Waals surface area contributed by atoms with E-state index in [0.29, 0.717) is 0 Å². The van der Waals surface area contributed by atoms with Gasteiger partial charge in [-0.05, 0) is 43.2 Å². The molecular weight excluding hydrogens is 338 g/mol. The number of anilines is 1. The van der Waals surface area contributed by atoms with Gasteiger partial charge in [0, 0.05) is 37.3 Å². The van der Waals surface area contributed by atoms with Crippen LogP contribution in [0, 0.1) is 5.41 Å². The quantitative estimate of drug-likeness (QED) is 0.875. The summed E-state index contributed by atoms with van der Waals surface area (Å²) < 4.78 is 2.18. The molecule has 2 aromatic rings. The van der Waals surface area contributed by atoms with Gasteiger partial charge in [0.15, 0.2) is 5.82 Å². The Labute approximate surface area is 161 Å². The number of hydrogen-bond acceptors (Lipinski definition) is 3. The van der Waals surface area contributed by atoms with Gasteiger partial charge in [0.25, 0.3) is 0 Å². The zero-order chi connectivity index (χ0) is 18.9. The summed E-state index contributed by atoms with van der Waals surface area (Å²) in [6, 6.07) is 7.95. The zero-order valence-electron chi connectivity index (χ0n) is 16.4. The number of aromatic nitrogens is 3. The van der Waals surface area contributed by atoms with Gasteiger partial charge in [0.1, 0.15) is 5.82 Å². The number of nitrogens with zero attached hydrogens (tertiary/aromatic N) is 4. The van der Waals surface area contributed by atoms with Crippen molar-refractivity contribution in [1.29, 1.82) is 0 Å². The van der Waals surface area contributed by atoms with E-state index in [1.807, 2.05) is 29.2 Å². The normalized spacial score (nSPS) is 21.9. The number of nitrogens with one attached hydrogen (secondary N) is 1. The first-order chi connectivity index (χ1) is 13.1. The molecule has 144 valence electrons. The number of benzene rings is 1. The molecular formula is C21H29N5O. The Bertz CT molecular complexity index is 826. The number of likely N-dealkylation sites (tertiary alicyclic amines) is 1. The molecule has 0 unspecified atom stereocenters. The lowest BCUT2D eigenvalue weighted by Gasteiger charge is -2.40. The number of carbonyl (C=O) groups is 1. The Morgan fingerprint density at radius 3 is 3.00 bits per heavy atom. The highest BCUT2D eigenvalue weighted by Crippen LogP contribution is 2.34. The maximum Gasteiger partial charge on any atom is 0.321 e. The molecule has 6 nitrogen and oxygen atoms in total. The molecule has 4 rings (SSSR count). The van der Waals surface area contributed by atoms with Crippen molar-refractivity contribution in [2.75, 3.05) is 18.4 Å². The minimum Gasteiger partial charge on any atom is -0.324 e. The van der Waals surface area contributed by atoms with Crippen LogP contribution in [0.25, 0.3) is 11.4 Å². The summed E-state index contributed by atoms with van der Waals surface area (Å²) in [6.45, 7) is 7.17. The molecule has 1 saturated heterocycles. The van der Waals surface area contributed by atoms with Gasteiger partial charge >= 0.3 is 6.03 Å². The lowest BCUT2D eigenvalue weighted by molar-refractivity contribution is 0.117. The van der Waals surface area contributed by atoms with Crippen molar-refractivity contribution in [1.82, 2.24) is 19.7 Å². The Hall–Kier alpha value is -2.37. The van der Waals surface area contributed by atoms with Gasteiger partial charge in [-0.2, -0.15) is 0 Å². The summed E-state index contributed by atoms with van der Waals surface area (Å²) >= 11 is 0. The summed E-state index contributed by atoms with van der Waals surface area (Å²) in [6.07, 6.45) is 6.74. The van der Waals surface area contributed by atoms with Crippen molar-refractivity contribution < 1.29 is 4.79 Å². The Morgan fingerprint density at radius 2 is 2.15 bits per heavy atom. The summed E-state index contributed by atoms with van der Waals surface area (Å²) in [5, 5.41) is 11.7. The van der Waals surface area contributed by atoms with Crippen LogP contribution in [0.4, 0.5) is 10.5 Å². The van der Waals surface area contributed by atoms with Gasteiger partial charge in [-0.1, -0.05) is 32.4 Å². The molecule has 6 heteroatoms. The lowest BCUT2D eigenvalue weighted by Crippen LogP contribution is -2.46. The predicted octanol–water partition coefficient (Wildman–Crippen LogP) is 4.33. The fourth-order valence-corrected chi connectivity index (χ4v) is 4.60. The second-order valence-electron chi connectivity index (χ2n) is 8.29. The molecule has 0 saturated carbocycles. The molecule has 0 aliphatic carbocycles. The fraction of sp³-hybridized carbons (Fsp3) is 0.571. The third-order valence-corrected chi connectivity index (χ3v) is 5.90. The Balaban J connectivity index is 1.47. The van der Waals surface area contributed by atoms with Crippen LogP contribution in [-0.4, -0.2) is 38.8 Å². The molecule has 27 heavy (non-hydrogen) atoms. The van der Waals surface area contributed by atoms with Crippen LogP contribution in [0.1, 0.15) is 51.8 Å². The third-order valence-electron chi connectivity index (χ3n) is 5.90. The molecule has 1 fully saturated rings. The van der Waals surface area contributed by atoms with Gasteiger partial charge in [0.05, 0.1) is 0 Å². The Kier molecular flexibility index (Phi) is 4.89. The number of aryl methyl sites for hydroxylation is 1. The SMILES string of the molecule is CCC[C@@]1(C)CCCN(C(=O)Nc2cccc(-c3nnc4n3CCC4)c2)C1. The van der Waals surface area contributed by atoms with Crippen LogP contribution in [0.3, 0.4) is 0 Å². The first-order valence-electron chi connectivity index (χ1n) is 10.2. The Morgan fingerprint density at radius 1 is 1.26 bits per heavy atom. The summed E-state index contributed by atoms with van der Waals surface area (Å²) in [5.74, 6) is 1.95. The highest BCUT2D eigenvalue weighted by Gasteiger charge is 2.32. The standard InChI is InChI=1S/C21H29N5O/c1-3-10-21(2)11-6-12-25(15-21)20(27)22-17-8-4-7-16(14-17)19-24-23-18-9-5-13-26(18)19/h4,7-8,14H,3,5-6,9-13,15H2,1-2H3,(H,22,27)/t21-/m0/s1. The fourth-order valence-electron chi connectivity index (χ4n) is 4.60.